The fraction of sp³-hybridized carbons (Fsp3) is 0.333. The summed E-state index contributed by atoms with van der Waals surface area (Å²) in [6, 6.07) is 9.77. The van der Waals surface area contributed by atoms with Crippen molar-refractivity contribution < 1.29 is 9.26 Å². The molecular weight excluding hydrogens is 268 g/mol. The molecule has 0 bridgehead atoms. The van der Waals surface area contributed by atoms with Crippen molar-refractivity contribution in [1.82, 2.24) is 15.4 Å². The number of nitrogens with one attached hydrogen (secondary N) is 1. The molecule has 0 aliphatic heterocycles. The van der Waals surface area contributed by atoms with Gasteiger partial charge < -0.3 is 19.5 Å². The fourth-order valence-electron chi connectivity index (χ4n) is 2.05. The minimum atomic E-state index is 0.569. The molecule has 0 spiro atoms. The summed E-state index contributed by atoms with van der Waals surface area (Å²) in [7, 11) is 5.41. The zero-order chi connectivity index (χ0) is 15.1. The van der Waals surface area contributed by atoms with Crippen LogP contribution in [0.1, 0.15) is 11.3 Å². The Labute approximate surface area is 124 Å². The molecule has 0 saturated carbocycles. The smallest absolute Gasteiger partial charge is 0.194 e. The number of hydrogen-bond donors (Lipinski definition) is 1. The second-order valence-corrected chi connectivity index (χ2v) is 4.56. The summed E-state index contributed by atoms with van der Waals surface area (Å²) in [5.41, 5.74) is 1.94. The van der Waals surface area contributed by atoms with Crippen LogP contribution < -0.4 is 10.1 Å². The van der Waals surface area contributed by atoms with Gasteiger partial charge in [0.1, 0.15) is 17.7 Å². The van der Waals surface area contributed by atoms with Crippen LogP contribution >= 0.6 is 0 Å². The summed E-state index contributed by atoms with van der Waals surface area (Å²) >= 11 is 0. The Morgan fingerprint density at radius 2 is 2.19 bits per heavy atom. The standard InChI is InChI=1S/C15H20N4O2/c1-16-15(17-10-13-8-9-21-18-13)19(2)11-12-6-4-5-7-14(12)20-3/h4-9H,10-11H2,1-3H3,(H,16,17). The van der Waals surface area contributed by atoms with Gasteiger partial charge in [0.2, 0.25) is 0 Å². The highest BCUT2D eigenvalue weighted by molar-refractivity contribution is 5.79. The minimum Gasteiger partial charge on any atom is -0.496 e. The van der Waals surface area contributed by atoms with Gasteiger partial charge in [0.25, 0.3) is 0 Å². The lowest BCUT2D eigenvalue weighted by atomic mass is 10.2. The number of aliphatic imine (C=N–C) groups is 1. The molecule has 0 fully saturated rings. The first-order chi connectivity index (χ1) is 10.2. The average molecular weight is 288 g/mol. The summed E-state index contributed by atoms with van der Waals surface area (Å²) in [4.78, 5) is 6.30. The Morgan fingerprint density at radius 3 is 2.86 bits per heavy atom. The number of nitrogens with zero attached hydrogens (tertiary/aromatic N) is 3. The molecule has 1 aromatic carbocycles. The summed E-state index contributed by atoms with van der Waals surface area (Å²) in [6.07, 6.45) is 1.55. The van der Waals surface area contributed by atoms with E-state index in [4.69, 9.17) is 9.26 Å². The second kappa shape index (κ2) is 7.33. The SMILES string of the molecule is CN=C(NCc1ccon1)N(C)Cc1ccccc1OC. The van der Waals surface area contributed by atoms with Gasteiger partial charge in [-0.25, -0.2) is 0 Å². The predicted octanol–water partition coefficient (Wildman–Crippen LogP) is 1.89. The first-order valence-electron chi connectivity index (χ1n) is 6.67. The molecule has 0 aliphatic rings. The lowest BCUT2D eigenvalue weighted by Crippen LogP contribution is -2.38. The highest BCUT2D eigenvalue weighted by Crippen LogP contribution is 2.18. The molecular formula is C15H20N4O2. The molecule has 0 radical (unpaired) electrons. The van der Waals surface area contributed by atoms with Crippen molar-refractivity contribution >= 4 is 5.96 Å². The van der Waals surface area contributed by atoms with Crippen LogP contribution in [0.25, 0.3) is 0 Å². The van der Waals surface area contributed by atoms with Crippen LogP contribution in [0.2, 0.25) is 0 Å². The van der Waals surface area contributed by atoms with Gasteiger partial charge in [-0.05, 0) is 6.07 Å². The molecule has 6 nitrogen and oxygen atoms in total. The Bertz CT molecular complexity index is 581. The van der Waals surface area contributed by atoms with Crippen LogP contribution in [0.15, 0.2) is 46.1 Å². The lowest BCUT2D eigenvalue weighted by molar-refractivity contribution is 0.395. The third-order valence-electron chi connectivity index (χ3n) is 3.09. The van der Waals surface area contributed by atoms with Crippen molar-refractivity contribution in [2.24, 2.45) is 4.99 Å². The predicted molar refractivity (Wildman–Crippen MR) is 81.2 cm³/mol. The van der Waals surface area contributed by atoms with Crippen LogP contribution in [-0.2, 0) is 13.1 Å². The molecule has 0 amide bonds. The number of benzene rings is 1. The van der Waals surface area contributed by atoms with Gasteiger partial charge in [0, 0.05) is 32.3 Å². The van der Waals surface area contributed by atoms with Crippen molar-refractivity contribution in [3.05, 3.63) is 47.9 Å². The topological polar surface area (TPSA) is 62.9 Å². The summed E-state index contributed by atoms with van der Waals surface area (Å²) in [6.45, 7) is 1.27. The minimum absolute atomic E-state index is 0.569. The Morgan fingerprint density at radius 1 is 1.38 bits per heavy atom. The third-order valence-corrected chi connectivity index (χ3v) is 3.09. The van der Waals surface area contributed by atoms with Gasteiger partial charge in [-0.1, -0.05) is 23.4 Å². The summed E-state index contributed by atoms with van der Waals surface area (Å²) < 4.78 is 10.2. The number of aromatic nitrogens is 1. The van der Waals surface area contributed by atoms with Crippen molar-refractivity contribution in [1.29, 1.82) is 0 Å². The first kappa shape index (κ1) is 14.9. The van der Waals surface area contributed by atoms with E-state index in [1.807, 2.05) is 42.3 Å². The maximum absolute atomic E-state index is 5.37. The molecule has 0 atom stereocenters. The largest absolute Gasteiger partial charge is 0.496 e. The lowest BCUT2D eigenvalue weighted by Gasteiger charge is -2.22. The van der Waals surface area contributed by atoms with E-state index in [0.717, 1.165) is 23.0 Å². The Hall–Kier alpha value is -2.50. The zero-order valence-electron chi connectivity index (χ0n) is 12.5. The van der Waals surface area contributed by atoms with Crippen LogP contribution in [0.5, 0.6) is 5.75 Å². The van der Waals surface area contributed by atoms with Gasteiger partial charge in [0.05, 0.1) is 13.7 Å². The summed E-state index contributed by atoms with van der Waals surface area (Å²) in [5, 5.41) is 7.10. The van der Waals surface area contributed by atoms with Gasteiger partial charge in [-0.2, -0.15) is 0 Å². The second-order valence-electron chi connectivity index (χ2n) is 4.56. The normalized spacial score (nSPS) is 11.3. The van der Waals surface area contributed by atoms with Crippen LogP contribution in [0, 0.1) is 0 Å². The number of hydrogen-bond acceptors (Lipinski definition) is 4. The Balaban J connectivity index is 1.98. The Kier molecular flexibility index (Phi) is 5.20. The number of rotatable bonds is 5. The monoisotopic (exact) mass is 288 g/mol. The summed E-state index contributed by atoms with van der Waals surface area (Å²) in [5.74, 6) is 1.65. The number of para-hydroxylation sites is 1. The van der Waals surface area contributed by atoms with Gasteiger partial charge >= 0.3 is 0 Å². The average Bonchev–Trinajstić information content (AvgIpc) is 3.02. The third kappa shape index (κ3) is 3.98. The molecule has 2 rings (SSSR count). The first-order valence-corrected chi connectivity index (χ1v) is 6.67. The quantitative estimate of drug-likeness (QED) is 0.672. The molecule has 2 aromatic rings. The maximum atomic E-state index is 5.37. The van der Waals surface area contributed by atoms with Gasteiger partial charge in [-0.15, -0.1) is 0 Å². The van der Waals surface area contributed by atoms with Crippen molar-refractivity contribution in [3.8, 4) is 5.75 Å². The zero-order valence-corrected chi connectivity index (χ0v) is 12.5. The molecule has 0 saturated heterocycles. The van der Waals surface area contributed by atoms with Crippen LogP contribution in [0.3, 0.4) is 0 Å². The van der Waals surface area contributed by atoms with Crippen LogP contribution in [-0.4, -0.2) is 37.2 Å². The highest BCUT2D eigenvalue weighted by atomic mass is 16.5. The number of methoxy groups -OCH3 is 1. The molecule has 112 valence electrons. The number of ether oxygens (including phenoxy) is 1. The van der Waals surface area contributed by atoms with Crippen molar-refractivity contribution in [2.75, 3.05) is 21.2 Å². The highest BCUT2D eigenvalue weighted by Gasteiger charge is 2.10. The maximum Gasteiger partial charge on any atom is 0.194 e. The van der Waals surface area contributed by atoms with E-state index in [-0.39, 0.29) is 0 Å². The fourth-order valence-corrected chi connectivity index (χ4v) is 2.05. The molecule has 21 heavy (non-hydrogen) atoms. The van der Waals surface area contributed by atoms with E-state index in [9.17, 15) is 0 Å². The van der Waals surface area contributed by atoms with E-state index >= 15 is 0 Å². The molecule has 1 heterocycles. The van der Waals surface area contributed by atoms with E-state index in [0.29, 0.717) is 13.1 Å². The van der Waals surface area contributed by atoms with E-state index in [1.165, 1.54) is 0 Å². The van der Waals surface area contributed by atoms with Crippen molar-refractivity contribution in [2.45, 2.75) is 13.1 Å². The molecule has 0 aliphatic carbocycles. The van der Waals surface area contributed by atoms with E-state index in [1.54, 1.807) is 20.4 Å². The molecule has 1 aromatic heterocycles. The molecule has 1 N–H and O–H groups in total. The molecule has 0 unspecified atom stereocenters. The van der Waals surface area contributed by atoms with Gasteiger partial charge in [-0.3, -0.25) is 4.99 Å². The molecule has 6 heteroatoms. The van der Waals surface area contributed by atoms with Crippen LogP contribution in [0.4, 0.5) is 0 Å². The van der Waals surface area contributed by atoms with Gasteiger partial charge in [0.15, 0.2) is 5.96 Å². The van der Waals surface area contributed by atoms with E-state index < -0.39 is 0 Å². The number of guanidine groups is 1. The van der Waals surface area contributed by atoms with E-state index in [2.05, 4.69) is 15.5 Å². The van der Waals surface area contributed by atoms with Crippen molar-refractivity contribution in [3.63, 3.8) is 0 Å².